The molecule has 1 heterocycles. The van der Waals surface area contributed by atoms with Gasteiger partial charge < -0.3 is 9.94 Å². The van der Waals surface area contributed by atoms with E-state index in [-0.39, 0.29) is 23.9 Å². The number of carbonyl (C=O) groups excluding carboxylic acids is 1. The Morgan fingerprint density at radius 2 is 2.25 bits per heavy atom. The zero-order valence-electron chi connectivity index (χ0n) is 14.3. The van der Waals surface area contributed by atoms with Crippen LogP contribution < -0.4 is 0 Å². The average Bonchev–Trinajstić information content (AvgIpc) is 2.59. The average molecular weight is 349 g/mol. The number of allylic oxidation sites excluding steroid dienone is 2. The van der Waals surface area contributed by atoms with Crippen LogP contribution in [0.5, 0.6) is 0 Å². The molecule has 2 rings (SSSR count). The lowest BCUT2D eigenvalue weighted by molar-refractivity contribution is -0.116. The molecule has 1 aromatic heterocycles. The van der Waals surface area contributed by atoms with Crippen molar-refractivity contribution in [3.8, 4) is 0 Å². The van der Waals surface area contributed by atoms with Crippen molar-refractivity contribution in [2.45, 2.75) is 50.5 Å². The molecule has 7 heteroatoms. The molecule has 0 aromatic carbocycles. The van der Waals surface area contributed by atoms with E-state index >= 15 is 0 Å². The van der Waals surface area contributed by atoms with Crippen molar-refractivity contribution in [1.29, 1.82) is 0 Å². The maximum Gasteiger partial charge on any atom is 0.168 e. The van der Waals surface area contributed by atoms with Gasteiger partial charge in [-0.3, -0.25) is 4.79 Å². The first-order valence-electron chi connectivity index (χ1n) is 8.12. The molecule has 0 radical (unpaired) electrons. The van der Waals surface area contributed by atoms with Crippen LogP contribution in [0.2, 0.25) is 0 Å². The molecule has 1 aromatic rings. The molecular formula is C17H23N3O3S. The molecule has 0 amide bonds. The quantitative estimate of drug-likeness (QED) is 0.350. The lowest BCUT2D eigenvalue weighted by Gasteiger charge is -2.23. The number of aromatic nitrogens is 2. The number of aliphatic hydroxyl groups is 1. The lowest BCUT2D eigenvalue weighted by Crippen LogP contribution is -2.25. The summed E-state index contributed by atoms with van der Waals surface area (Å²) in [6.45, 7) is 4.25. The Labute approximate surface area is 146 Å². The molecule has 1 N–H and O–H groups in total. The molecule has 0 fully saturated rings. The summed E-state index contributed by atoms with van der Waals surface area (Å²) in [5, 5.41) is 15.3. The SMILES string of the molecule is CCC/C(=N\OCC)C1=C(O)CC(c2nccc(SC)n2)CC1=O. The Morgan fingerprint density at radius 3 is 2.88 bits per heavy atom. The van der Waals surface area contributed by atoms with Gasteiger partial charge in [-0.15, -0.1) is 11.8 Å². The summed E-state index contributed by atoms with van der Waals surface area (Å²) in [6, 6.07) is 1.83. The second kappa shape index (κ2) is 8.82. The van der Waals surface area contributed by atoms with Crippen LogP contribution in [0, 0.1) is 0 Å². The molecule has 0 saturated heterocycles. The van der Waals surface area contributed by atoms with Crippen LogP contribution in [0.1, 0.15) is 51.3 Å². The van der Waals surface area contributed by atoms with Gasteiger partial charge >= 0.3 is 0 Å². The van der Waals surface area contributed by atoms with Crippen molar-refractivity contribution in [3.63, 3.8) is 0 Å². The molecule has 1 atom stereocenters. The summed E-state index contributed by atoms with van der Waals surface area (Å²) in [7, 11) is 0. The summed E-state index contributed by atoms with van der Waals surface area (Å²) in [5.41, 5.74) is 0.835. The molecule has 1 unspecified atom stereocenters. The lowest BCUT2D eigenvalue weighted by atomic mass is 9.84. The van der Waals surface area contributed by atoms with Crippen molar-refractivity contribution in [3.05, 3.63) is 29.4 Å². The number of oxime groups is 1. The fourth-order valence-corrected chi connectivity index (χ4v) is 3.05. The summed E-state index contributed by atoms with van der Waals surface area (Å²) in [6.07, 6.45) is 5.65. The van der Waals surface area contributed by atoms with Crippen molar-refractivity contribution in [1.82, 2.24) is 9.97 Å². The Morgan fingerprint density at radius 1 is 1.46 bits per heavy atom. The summed E-state index contributed by atoms with van der Waals surface area (Å²) >= 11 is 1.52. The summed E-state index contributed by atoms with van der Waals surface area (Å²) in [4.78, 5) is 26.4. The van der Waals surface area contributed by atoms with Gasteiger partial charge in [-0.25, -0.2) is 9.97 Å². The normalized spacial score (nSPS) is 18.9. The molecule has 0 bridgehead atoms. The van der Waals surface area contributed by atoms with Crippen LogP contribution in [0.3, 0.4) is 0 Å². The zero-order valence-corrected chi connectivity index (χ0v) is 15.1. The van der Waals surface area contributed by atoms with Crippen molar-refractivity contribution in [2.24, 2.45) is 5.16 Å². The second-order valence-corrected chi connectivity index (χ2v) is 6.34. The highest BCUT2D eigenvalue weighted by atomic mass is 32.2. The first-order valence-corrected chi connectivity index (χ1v) is 9.34. The van der Waals surface area contributed by atoms with Crippen molar-refractivity contribution >= 4 is 23.3 Å². The molecular weight excluding hydrogens is 326 g/mol. The predicted molar refractivity (Wildman–Crippen MR) is 94.4 cm³/mol. The van der Waals surface area contributed by atoms with Gasteiger partial charge in [-0.1, -0.05) is 18.5 Å². The monoisotopic (exact) mass is 349 g/mol. The molecule has 0 spiro atoms. The van der Waals surface area contributed by atoms with Gasteiger partial charge in [0.05, 0.1) is 16.3 Å². The number of Topliss-reactive ketones (excluding diaryl/α,β-unsaturated/α-hetero) is 1. The van der Waals surface area contributed by atoms with E-state index in [0.717, 1.165) is 11.4 Å². The van der Waals surface area contributed by atoms with E-state index in [1.807, 2.05) is 26.2 Å². The fourth-order valence-electron chi connectivity index (χ4n) is 2.67. The van der Waals surface area contributed by atoms with Crippen molar-refractivity contribution < 1.29 is 14.7 Å². The number of thioether (sulfide) groups is 1. The van der Waals surface area contributed by atoms with E-state index in [4.69, 9.17) is 4.84 Å². The van der Waals surface area contributed by atoms with Gasteiger partial charge in [-0.05, 0) is 25.7 Å². The van der Waals surface area contributed by atoms with Crippen LogP contribution >= 0.6 is 11.8 Å². The number of carbonyl (C=O) groups is 1. The van der Waals surface area contributed by atoms with Crippen molar-refractivity contribution in [2.75, 3.05) is 12.9 Å². The Kier molecular flexibility index (Phi) is 6.78. The topological polar surface area (TPSA) is 84.7 Å². The smallest absolute Gasteiger partial charge is 0.168 e. The van der Waals surface area contributed by atoms with Crippen LogP contribution in [-0.4, -0.2) is 39.4 Å². The Hall–Kier alpha value is -1.89. The number of hydrogen-bond acceptors (Lipinski definition) is 7. The highest BCUT2D eigenvalue weighted by Gasteiger charge is 2.32. The fraction of sp³-hybridized carbons (Fsp3) is 0.529. The van der Waals surface area contributed by atoms with Crippen LogP contribution in [-0.2, 0) is 9.63 Å². The van der Waals surface area contributed by atoms with E-state index in [2.05, 4.69) is 15.1 Å². The Bertz CT molecular complexity index is 658. The first-order chi connectivity index (χ1) is 11.6. The molecule has 1 aliphatic rings. The van der Waals surface area contributed by atoms with Crippen LogP contribution in [0.4, 0.5) is 0 Å². The number of rotatable bonds is 7. The standard InChI is InChI=1S/C17H23N3O3S/c1-4-6-12(20-23-5-2)16-13(21)9-11(10-14(16)22)17-18-8-7-15(19-17)24-3/h7-8,11,21H,4-6,9-10H2,1-3H3/b20-12+. The van der Waals surface area contributed by atoms with E-state index in [1.165, 1.54) is 11.8 Å². The highest BCUT2D eigenvalue weighted by molar-refractivity contribution is 7.98. The van der Waals surface area contributed by atoms with E-state index in [0.29, 0.717) is 36.6 Å². The molecule has 24 heavy (non-hydrogen) atoms. The minimum atomic E-state index is -0.205. The zero-order chi connectivity index (χ0) is 17.5. The minimum absolute atomic E-state index is 0.0568. The van der Waals surface area contributed by atoms with E-state index < -0.39 is 0 Å². The molecule has 1 aliphatic carbocycles. The van der Waals surface area contributed by atoms with Crippen LogP contribution in [0.15, 0.2) is 33.8 Å². The number of aliphatic hydroxyl groups excluding tert-OH is 1. The van der Waals surface area contributed by atoms with E-state index in [1.54, 1.807) is 6.20 Å². The maximum atomic E-state index is 12.6. The van der Waals surface area contributed by atoms with E-state index in [9.17, 15) is 9.90 Å². The maximum absolute atomic E-state index is 12.6. The van der Waals surface area contributed by atoms with Gasteiger partial charge in [0, 0.05) is 25.0 Å². The molecule has 0 saturated carbocycles. The largest absolute Gasteiger partial charge is 0.511 e. The second-order valence-electron chi connectivity index (χ2n) is 5.51. The van der Waals surface area contributed by atoms with Crippen LogP contribution in [0.25, 0.3) is 0 Å². The van der Waals surface area contributed by atoms with Gasteiger partial charge in [0.1, 0.15) is 18.2 Å². The van der Waals surface area contributed by atoms with Gasteiger partial charge in [-0.2, -0.15) is 0 Å². The molecule has 0 aliphatic heterocycles. The minimum Gasteiger partial charge on any atom is -0.511 e. The van der Waals surface area contributed by atoms with Gasteiger partial charge in [0.25, 0.3) is 0 Å². The first kappa shape index (κ1) is 18.4. The summed E-state index contributed by atoms with van der Waals surface area (Å²) < 4.78 is 0. The molecule has 6 nitrogen and oxygen atoms in total. The summed E-state index contributed by atoms with van der Waals surface area (Å²) in [5.74, 6) is 0.318. The molecule has 130 valence electrons. The Balaban J connectivity index is 2.28. The number of ketones is 1. The number of nitrogens with zero attached hydrogens (tertiary/aromatic N) is 3. The van der Waals surface area contributed by atoms with Gasteiger partial charge in [0.15, 0.2) is 5.78 Å². The number of hydrogen-bond donors (Lipinski definition) is 1. The van der Waals surface area contributed by atoms with Gasteiger partial charge in [0.2, 0.25) is 0 Å². The third kappa shape index (κ3) is 4.35. The third-order valence-electron chi connectivity index (χ3n) is 3.74. The highest BCUT2D eigenvalue weighted by Crippen LogP contribution is 2.33. The third-order valence-corrected chi connectivity index (χ3v) is 4.39. The predicted octanol–water partition coefficient (Wildman–Crippen LogP) is 3.65.